The summed E-state index contributed by atoms with van der Waals surface area (Å²) in [7, 11) is 1.69. The average Bonchev–Trinajstić information content (AvgIpc) is 3.19. The van der Waals surface area contributed by atoms with Gasteiger partial charge in [-0.05, 0) is 36.1 Å². The summed E-state index contributed by atoms with van der Waals surface area (Å²) in [6, 6.07) is 11.1. The molecule has 0 fully saturated rings. The lowest BCUT2D eigenvalue weighted by Gasteiger charge is -2.07. The number of aromatic nitrogens is 3. The molecule has 3 rings (SSSR count). The summed E-state index contributed by atoms with van der Waals surface area (Å²) in [5.41, 5.74) is 1.59. The van der Waals surface area contributed by atoms with Crippen molar-refractivity contribution < 1.29 is 4.79 Å². The lowest BCUT2D eigenvalue weighted by molar-refractivity contribution is 0.251. The first kappa shape index (κ1) is 17.0. The second kappa shape index (κ2) is 7.35. The molecule has 3 aromatic rings. The largest absolute Gasteiger partial charge is 0.346 e. The van der Waals surface area contributed by atoms with Crippen molar-refractivity contribution in [3.63, 3.8) is 0 Å². The molecule has 1 aromatic carbocycles. The predicted octanol–water partition coefficient (Wildman–Crippen LogP) is 2.44. The monoisotopic (exact) mass is 357 g/mol. The number of aryl methyl sites for hydroxylation is 1. The highest BCUT2D eigenvalue weighted by Gasteiger charge is 2.12. The van der Waals surface area contributed by atoms with Crippen molar-refractivity contribution in [3.8, 4) is 10.7 Å². The van der Waals surface area contributed by atoms with Crippen molar-refractivity contribution in [1.29, 1.82) is 0 Å². The van der Waals surface area contributed by atoms with Gasteiger partial charge >= 0.3 is 11.7 Å². The Morgan fingerprint density at radius 1 is 1.28 bits per heavy atom. The second-order valence-corrected chi connectivity index (χ2v) is 6.56. The summed E-state index contributed by atoms with van der Waals surface area (Å²) in [5, 5.41) is 11.8. The lowest BCUT2D eigenvalue weighted by atomic mass is 10.2. The number of urea groups is 1. The van der Waals surface area contributed by atoms with E-state index in [1.165, 1.54) is 20.6 Å². The molecular weight excluding hydrogens is 338 g/mol. The highest BCUT2D eigenvalue weighted by atomic mass is 32.1. The van der Waals surface area contributed by atoms with Crippen LogP contribution < -0.4 is 16.3 Å². The molecule has 8 heteroatoms. The number of carbonyl (C=O) groups is 1. The fourth-order valence-electron chi connectivity index (χ4n) is 2.43. The Balaban J connectivity index is 1.58. The first-order chi connectivity index (χ1) is 12.0. The Hall–Kier alpha value is -2.87. The van der Waals surface area contributed by atoms with Crippen molar-refractivity contribution in [2.24, 2.45) is 7.05 Å². The number of anilines is 1. The standard InChI is InChI=1S/C17H19N5O2S/c1-12-5-3-6-13(11-12)19-16(23)18-8-9-22-17(24)21(2)15(20-22)14-7-4-10-25-14/h3-7,10-11H,8-9H2,1-2H3,(H2,18,19,23). The van der Waals surface area contributed by atoms with Gasteiger partial charge in [0.15, 0.2) is 5.82 Å². The first-order valence-corrected chi connectivity index (χ1v) is 8.72. The number of thiophene rings is 1. The summed E-state index contributed by atoms with van der Waals surface area (Å²) in [6.45, 7) is 2.57. The van der Waals surface area contributed by atoms with Gasteiger partial charge in [0.25, 0.3) is 0 Å². The third-order valence-electron chi connectivity index (χ3n) is 3.67. The van der Waals surface area contributed by atoms with Gasteiger partial charge in [-0.15, -0.1) is 16.4 Å². The van der Waals surface area contributed by atoms with Crippen LogP contribution in [-0.2, 0) is 13.6 Å². The molecule has 0 aliphatic carbocycles. The van der Waals surface area contributed by atoms with Gasteiger partial charge in [-0.3, -0.25) is 4.57 Å². The smallest absolute Gasteiger partial charge is 0.336 e. The molecule has 0 saturated heterocycles. The van der Waals surface area contributed by atoms with Crippen LogP contribution in [0.5, 0.6) is 0 Å². The van der Waals surface area contributed by atoms with Gasteiger partial charge in [-0.1, -0.05) is 18.2 Å². The van der Waals surface area contributed by atoms with E-state index >= 15 is 0 Å². The maximum Gasteiger partial charge on any atom is 0.346 e. The number of rotatable bonds is 5. The summed E-state index contributed by atoms with van der Waals surface area (Å²) < 4.78 is 2.88. The number of benzene rings is 1. The van der Waals surface area contributed by atoms with Crippen LogP contribution in [0.2, 0.25) is 0 Å². The molecule has 2 N–H and O–H groups in total. The van der Waals surface area contributed by atoms with E-state index in [1.807, 2.05) is 48.7 Å². The SMILES string of the molecule is Cc1cccc(NC(=O)NCCn2nc(-c3cccs3)n(C)c2=O)c1. The highest BCUT2D eigenvalue weighted by molar-refractivity contribution is 7.13. The Kier molecular flexibility index (Phi) is 4.99. The lowest BCUT2D eigenvalue weighted by Crippen LogP contribution is -2.34. The molecule has 130 valence electrons. The zero-order chi connectivity index (χ0) is 17.8. The third kappa shape index (κ3) is 3.97. The molecule has 0 aliphatic rings. The van der Waals surface area contributed by atoms with E-state index in [0.717, 1.165) is 16.1 Å². The summed E-state index contributed by atoms with van der Waals surface area (Å²) in [5.74, 6) is 0.629. The fraction of sp³-hybridized carbons (Fsp3) is 0.235. The molecule has 0 saturated carbocycles. The van der Waals surface area contributed by atoms with Crippen LogP contribution in [0.3, 0.4) is 0 Å². The van der Waals surface area contributed by atoms with Crippen molar-refractivity contribution in [3.05, 3.63) is 57.8 Å². The zero-order valence-corrected chi connectivity index (χ0v) is 14.8. The van der Waals surface area contributed by atoms with Crippen molar-refractivity contribution >= 4 is 23.1 Å². The highest BCUT2D eigenvalue weighted by Crippen LogP contribution is 2.20. The van der Waals surface area contributed by atoms with Gasteiger partial charge < -0.3 is 10.6 Å². The molecule has 25 heavy (non-hydrogen) atoms. The molecule has 2 aromatic heterocycles. The molecule has 0 atom stereocenters. The quantitative estimate of drug-likeness (QED) is 0.736. The Morgan fingerprint density at radius 2 is 2.12 bits per heavy atom. The molecule has 0 radical (unpaired) electrons. The molecule has 7 nitrogen and oxygen atoms in total. The number of nitrogens with zero attached hydrogens (tertiary/aromatic N) is 3. The van der Waals surface area contributed by atoms with Gasteiger partial charge in [-0.25, -0.2) is 14.3 Å². The Morgan fingerprint density at radius 3 is 2.84 bits per heavy atom. The Labute approximate surface area is 148 Å². The van der Waals surface area contributed by atoms with Crippen molar-refractivity contribution in [2.75, 3.05) is 11.9 Å². The van der Waals surface area contributed by atoms with Gasteiger partial charge in [0.1, 0.15) is 0 Å². The number of nitrogens with one attached hydrogen (secondary N) is 2. The molecule has 0 unspecified atom stereocenters. The van der Waals surface area contributed by atoms with Gasteiger partial charge in [0.05, 0.1) is 11.4 Å². The summed E-state index contributed by atoms with van der Waals surface area (Å²) in [4.78, 5) is 25.1. The van der Waals surface area contributed by atoms with E-state index in [0.29, 0.717) is 18.9 Å². The van der Waals surface area contributed by atoms with Crippen LogP contribution in [0.4, 0.5) is 10.5 Å². The van der Waals surface area contributed by atoms with Crippen LogP contribution in [0.1, 0.15) is 5.56 Å². The van der Waals surface area contributed by atoms with E-state index in [-0.39, 0.29) is 11.7 Å². The topological polar surface area (TPSA) is 81.0 Å². The van der Waals surface area contributed by atoms with E-state index in [9.17, 15) is 9.59 Å². The molecule has 0 spiro atoms. The van der Waals surface area contributed by atoms with Gasteiger partial charge in [0, 0.05) is 19.3 Å². The molecule has 0 bridgehead atoms. The van der Waals surface area contributed by atoms with Crippen LogP contribution >= 0.6 is 11.3 Å². The number of hydrogen-bond acceptors (Lipinski definition) is 4. The summed E-state index contributed by atoms with van der Waals surface area (Å²) in [6.07, 6.45) is 0. The fourth-order valence-corrected chi connectivity index (χ4v) is 3.17. The van der Waals surface area contributed by atoms with E-state index in [4.69, 9.17) is 0 Å². The number of amides is 2. The minimum Gasteiger partial charge on any atom is -0.336 e. The van der Waals surface area contributed by atoms with Crippen LogP contribution in [0.25, 0.3) is 10.7 Å². The number of carbonyl (C=O) groups excluding carboxylic acids is 1. The minimum atomic E-state index is -0.312. The van der Waals surface area contributed by atoms with Crippen molar-refractivity contribution in [1.82, 2.24) is 19.7 Å². The predicted molar refractivity (Wildman–Crippen MR) is 99.0 cm³/mol. The van der Waals surface area contributed by atoms with Gasteiger partial charge in [0.2, 0.25) is 0 Å². The Bertz CT molecular complexity index is 927. The van der Waals surface area contributed by atoms with Crippen LogP contribution in [0.15, 0.2) is 46.6 Å². The zero-order valence-electron chi connectivity index (χ0n) is 14.0. The van der Waals surface area contributed by atoms with E-state index in [2.05, 4.69) is 15.7 Å². The minimum absolute atomic E-state index is 0.204. The van der Waals surface area contributed by atoms with E-state index < -0.39 is 0 Å². The van der Waals surface area contributed by atoms with E-state index in [1.54, 1.807) is 7.05 Å². The molecule has 2 heterocycles. The second-order valence-electron chi connectivity index (χ2n) is 5.62. The van der Waals surface area contributed by atoms with Gasteiger partial charge in [-0.2, -0.15) is 0 Å². The average molecular weight is 357 g/mol. The molecule has 2 amide bonds. The van der Waals surface area contributed by atoms with Crippen molar-refractivity contribution in [2.45, 2.75) is 13.5 Å². The summed E-state index contributed by atoms with van der Waals surface area (Å²) >= 11 is 1.53. The normalized spacial score (nSPS) is 10.6. The number of hydrogen-bond donors (Lipinski definition) is 2. The third-order valence-corrected chi connectivity index (χ3v) is 4.53. The first-order valence-electron chi connectivity index (χ1n) is 7.84. The molecule has 0 aliphatic heterocycles. The van der Waals surface area contributed by atoms with Crippen LogP contribution in [0, 0.1) is 6.92 Å². The maximum absolute atomic E-state index is 12.2. The van der Waals surface area contributed by atoms with Crippen LogP contribution in [-0.4, -0.2) is 26.9 Å². The maximum atomic E-state index is 12.2. The molecular formula is C17H19N5O2S.